The van der Waals surface area contributed by atoms with Crippen LogP contribution in [0.15, 0.2) is 90.6 Å². The number of nitrogens with one attached hydrogen (secondary N) is 1. The van der Waals surface area contributed by atoms with Crippen molar-refractivity contribution in [3.05, 3.63) is 105 Å². The quantitative estimate of drug-likeness (QED) is 0.434. The fourth-order valence-electron chi connectivity index (χ4n) is 2.49. The Hall–Kier alpha value is -2.58. The summed E-state index contributed by atoms with van der Waals surface area (Å²) in [6.45, 7) is 0. The predicted octanol–water partition coefficient (Wildman–Crippen LogP) is 5.69. The molecule has 0 aliphatic carbocycles. The molecule has 0 atom stereocenters. The van der Waals surface area contributed by atoms with Crippen molar-refractivity contribution in [1.29, 1.82) is 5.26 Å². The fourth-order valence-corrected chi connectivity index (χ4v) is 2.85. The lowest BCUT2D eigenvalue weighted by molar-refractivity contribution is 1.40. The van der Waals surface area contributed by atoms with E-state index in [0.717, 1.165) is 26.0 Å². The van der Waals surface area contributed by atoms with E-state index in [1.807, 2.05) is 84.9 Å². The standard InChI is InChI=1S/C21H15IN2/c22-18-11-13-19(14-12-18)24-20(15-23)21(16-7-3-1-4-8-16)17-9-5-2-6-10-17/h1-14,24H. The van der Waals surface area contributed by atoms with Crippen molar-refractivity contribution in [1.82, 2.24) is 0 Å². The number of nitrogens with zero attached hydrogens (tertiary/aromatic N) is 1. The van der Waals surface area contributed by atoms with Crippen molar-refractivity contribution < 1.29 is 0 Å². The molecule has 3 aromatic rings. The number of hydrogen-bond donors (Lipinski definition) is 1. The highest BCUT2D eigenvalue weighted by Crippen LogP contribution is 2.27. The van der Waals surface area contributed by atoms with Crippen LogP contribution in [-0.4, -0.2) is 0 Å². The van der Waals surface area contributed by atoms with Gasteiger partial charge in [-0.25, -0.2) is 0 Å². The van der Waals surface area contributed by atoms with Gasteiger partial charge in [-0.2, -0.15) is 5.26 Å². The first-order valence-electron chi connectivity index (χ1n) is 7.56. The molecule has 0 unspecified atom stereocenters. The predicted molar refractivity (Wildman–Crippen MR) is 107 cm³/mol. The molecule has 0 saturated carbocycles. The number of hydrogen-bond acceptors (Lipinski definition) is 2. The summed E-state index contributed by atoms with van der Waals surface area (Å²) in [6, 6.07) is 30.3. The monoisotopic (exact) mass is 422 g/mol. The van der Waals surface area contributed by atoms with Crippen molar-refractivity contribution in [2.75, 3.05) is 5.32 Å². The van der Waals surface area contributed by atoms with Crippen LogP contribution in [0, 0.1) is 14.9 Å². The zero-order valence-electron chi connectivity index (χ0n) is 12.9. The van der Waals surface area contributed by atoms with Crippen LogP contribution in [0.5, 0.6) is 0 Å². The van der Waals surface area contributed by atoms with E-state index in [2.05, 4.69) is 34.0 Å². The molecule has 0 saturated heterocycles. The first kappa shape index (κ1) is 16.3. The van der Waals surface area contributed by atoms with Crippen LogP contribution in [0.1, 0.15) is 11.1 Å². The number of anilines is 1. The number of rotatable bonds is 4. The van der Waals surface area contributed by atoms with E-state index in [-0.39, 0.29) is 0 Å². The minimum absolute atomic E-state index is 0.536. The fraction of sp³-hybridized carbons (Fsp3) is 0. The second-order valence-electron chi connectivity index (χ2n) is 5.23. The van der Waals surface area contributed by atoms with Crippen LogP contribution in [-0.2, 0) is 0 Å². The second-order valence-corrected chi connectivity index (χ2v) is 6.47. The summed E-state index contributed by atoms with van der Waals surface area (Å²) in [7, 11) is 0. The number of nitriles is 1. The molecule has 0 amide bonds. The zero-order valence-corrected chi connectivity index (χ0v) is 15.1. The highest BCUT2D eigenvalue weighted by atomic mass is 127. The van der Waals surface area contributed by atoms with E-state index >= 15 is 0 Å². The first-order valence-corrected chi connectivity index (χ1v) is 8.63. The van der Waals surface area contributed by atoms with Gasteiger partial charge in [0.05, 0.1) is 0 Å². The normalized spacial score (nSPS) is 9.83. The van der Waals surface area contributed by atoms with Crippen molar-refractivity contribution >= 4 is 33.9 Å². The van der Waals surface area contributed by atoms with Crippen LogP contribution in [0.25, 0.3) is 5.57 Å². The third kappa shape index (κ3) is 3.84. The lowest BCUT2D eigenvalue weighted by Crippen LogP contribution is -2.03. The Morgan fingerprint density at radius 1 is 0.750 bits per heavy atom. The molecule has 0 aromatic heterocycles. The minimum Gasteiger partial charge on any atom is -0.346 e. The average molecular weight is 422 g/mol. The molecule has 0 spiro atoms. The van der Waals surface area contributed by atoms with E-state index in [9.17, 15) is 5.26 Å². The Morgan fingerprint density at radius 2 is 1.25 bits per heavy atom. The highest BCUT2D eigenvalue weighted by Gasteiger charge is 2.12. The van der Waals surface area contributed by atoms with Gasteiger partial charge in [0.1, 0.15) is 11.8 Å². The Morgan fingerprint density at radius 3 is 1.71 bits per heavy atom. The maximum absolute atomic E-state index is 9.76. The smallest absolute Gasteiger partial charge is 0.126 e. The van der Waals surface area contributed by atoms with Gasteiger partial charge in [-0.1, -0.05) is 60.7 Å². The van der Waals surface area contributed by atoms with Gasteiger partial charge in [0.2, 0.25) is 0 Å². The molecule has 0 bridgehead atoms. The molecule has 3 aromatic carbocycles. The second kappa shape index (κ2) is 7.80. The maximum atomic E-state index is 9.76. The summed E-state index contributed by atoms with van der Waals surface area (Å²) in [5.41, 5.74) is 4.36. The van der Waals surface area contributed by atoms with Crippen LogP contribution >= 0.6 is 22.6 Å². The summed E-state index contributed by atoms with van der Waals surface area (Å²) in [5.74, 6) is 0. The van der Waals surface area contributed by atoms with E-state index in [1.165, 1.54) is 0 Å². The third-order valence-corrected chi connectivity index (χ3v) is 4.32. The largest absolute Gasteiger partial charge is 0.346 e. The molecule has 24 heavy (non-hydrogen) atoms. The van der Waals surface area contributed by atoms with Crippen LogP contribution in [0.2, 0.25) is 0 Å². The minimum atomic E-state index is 0.536. The lowest BCUT2D eigenvalue weighted by Gasteiger charge is -2.13. The van der Waals surface area contributed by atoms with E-state index in [1.54, 1.807) is 0 Å². The molecule has 3 rings (SSSR count). The third-order valence-electron chi connectivity index (χ3n) is 3.60. The molecular weight excluding hydrogens is 407 g/mol. The maximum Gasteiger partial charge on any atom is 0.126 e. The van der Waals surface area contributed by atoms with Gasteiger partial charge in [-0.15, -0.1) is 0 Å². The summed E-state index contributed by atoms with van der Waals surface area (Å²) >= 11 is 2.27. The number of benzene rings is 3. The number of allylic oxidation sites excluding steroid dienone is 1. The van der Waals surface area contributed by atoms with E-state index in [4.69, 9.17) is 0 Å². The van der Waals surface area contributed by atoms with Crippen LogP contribution < -0.4 is 5.32 Å². The summed E-state index contributed by atoms with van der Waals surface area (Å²) < 4.78 is 1.16. The molecule has 116 valence electrons. The van der Waals surface area contributed by atoms with Crippen molar-refractivity contribution in [3.8, 4) is 6.07 Å². The Kier molecular flexibility index (Phi) is 5.29. The number of halogens is 1. The molecule has 1 N–H and O–H groups in total. The van der Waals surface area contributed by atoms with Gasteiger partial charge < -0.3 is 5.32 Å². The zero-order chi connectivity index (χ0) is 16.8. The van der Waals surface area contributed by atoms with E-state index in [0.29, 0.717) is 5.70 Å². The van der Waals surface area contributed by atoms with Crippen molar-refractivity contribution in [2.24, 2.45) is 0 Å². The Balaban J connectivity index is 2.12. The SMILES string of the molecule is N#CC(Nc1ccc(I)cc1)=C(c1ccccc1)c1ccccc1. The lowest BCUT2D eigenvalue weighted by atomic mass is 9.96. The molecule has 3 heteroatoms. The molecule has 0 aliphatic heterocycles. The van der Waals surface area contributed by atoms with Gasteiger partial charge in [0, 0.05) is 14.8 Å². The molecule has 0 heterocycles. The summed E-state index contributed by atoms with van der Waals surface area (Å²) in [6.07, 6.45) is 0. The topological polar surface area (TPSA) is 35.8 Å². The van der Waals surface area contributed by atoms with Gasteiger partial charge >= 0.3 is 0 Å². The van der Waals surface area contributed by atoms with E-state index < -0.39 is 0 Å². The van der Waals surface area contributed by atoms with Crippen LogP contribution in [0.3, 0.4) is 0 Å². The molecule has 0 radical (unpaired) electrons. The summed E-state index contributed by atoms with van der Waals surface area (Å²) in [5, 5.41) is 13.0. The molecular formula is C21H15IN2. The molecule has 2 nitrogen and oxygen atoms in total. The van der Waals surface area contributed by atoms with Crippen molar-refractivity contribution in [3.63, 3.8) is 0 Å². The Bertz CT molecular complexity index is 835. The van der Waals surface area contributed by atoms with Crippen LogP contribution in [0.4, 0.5) is 5.69 Å². The highest BCUT2D eigenvalue weighted by molar-refractivity contribution is 14.1. The Labute approximate surface area is 155 Å². The van der Waals surface area contributed by atoms with Gasteiger partial charge in [0.15, 0.2) is 0 Å². The van der Waals surface area contributed by atoms with Gasteiger partial charge in [-0.05, 0) is 58.0 Å². The first-order chi connectivity index (χ1) is 11.8. The molecule has 0 fully saturated rings. The molecule has 0 aliphatic rings. The summed E-state index contributed by atoms with van der Waals surface area (Å²) in [4.78, 5) is 0. The van der Waals surface area contributed by atoms with Crippen molar-refractivity contribution in [2.45, 2.75) is 0 Å². The average Bonchev–Trinajstić information content (AvgIpc) is 2.64. The van der Waals surface area contributed by atoms with Gasteiger partial charge in [-0.3, -0.25) is 0 Å². The van der Waals surface area contributed by atoms with Gasteiger partial charge in [0.25, 0.3) is 0 Å².